The lowest BCUT2D eigenvalue weighted by atomic mass is 10.1. The second-order valence-corrected chi connectivity index (χ2v) is 7.21. The van der Waals surface area contributed by atoms with E-state index in [-0.39, 0.29) is 6.23 Å². The summed E-state index contributed by atoms with van der Waals surface area (Å²) in [7, 11) is 0. The SMILES string of the molecule is Brc1ccn2nnc(-c3ccc4cnn(C5CCCCO5)c4c3)c2c1. The first-order valence-electron chi connectivity index (χ1n) is 8.39. The van der Waals surface area contributed by atoms with Crippen molar-refractivity contribution in [2.24, 2.45) is 0 Å². The van der Waals surface area contributed by atoms with Gasteiger partial charge in [-0.05, 0) is 37.5 Å². The third-order valence-electron chi connectivity index (χ3n) is 4.68. The average molecular weight is 398 g/mol. The lowest BCUT2D eigenvalue weighted by Crippen LogP contribution is -2.18. The first-order chi connectivity index (χ1) is 12.3. The van der Waals surface area contributed by atoms with E-state index >= 15 is 0 Å². The summed E-state index contributed by atoms with van der Waals surface area (Å²) in [5.41, 5.74) is 3.92. The molecule has 0 spiro atoms. The number of rotatable bonds is 2. The minimum Gasteiger partial charge on any atom is -0.356 e. The molecule has 1 fully saturated rings. The van der Waals surface area contributed by atoms with E-state index in [0.717, 1.165) is 51.6 Å². The molecular formula is C18H16BrN5O. The van der Waals surface area contributed by atoms with Gasteiger partial charge in [0.2, 0.25) is 0 Å². The molecule has 0 aliphatic carbocycles. The summed E-state index contributed by atoms with van der Waals surface area (Å²) in [5, 5.41) is 14.3. The number of hydrogen-bond donors (Lipinski definition) is 0. The van der Waals surface area contributed by atoms with E-state index in [1.54, 1.807) is 4.52 Å². The summed E-state index contributed by atoms with van der Waals surface area (Å²) in [6, 6.07) is 10.3. The third kappa shape index (κ3) is 2.54. The number of nitrogens with zero attached hydrogens (tertiary/aromatic N) is 5. The molecule has 0 N–H and O–H groups in total. The van der Waals surface area contributed by atoms with Crippen molar-refractivity contribution in [1.82, 2.24) is 24.6 Å². The van der Waals surface area contributed by atoms with E-state index in [1.807, 2.05) is 29.2 Å². The molecule has 1 atom stereocenters. The number of fused-ring (bicyclic) bond motifs is 2. The van der Waals surface area contributed by atoms with Crippen LogP contribution >= 0.6 is 15.9 Å². The summed E-state index contributed by atoms with van der Waals surface area (Å²) >= 11 is 3.52. The minimum atomic E-state index is 0.0208. The van der Waals surface area contributed by atoms with Crippen molar-refractivity contribution in [1.29, 1.82) is 0 Å². The zero-order valence-corrected chi connectivity index (χ0v) is 15.1. The monoisotopic (exact) mass is 397 g/mol. The number of pyridine rings is 1. The maximum atomic E-state index is 5.91. The highest BCUT2D eigenvalue weighted by molar-refractivity contribution is 9.10. The van der Waals surface area contributed by atoms with Gasteiger partial charge in [-0.25, -0.2) is 9.20 Å². The normalized spacial score (nSPS) is 18.2. The Kier molecular flexibility index (Phi) is 3.57. The van der Waals surface area contributed by atoms with Gasteiger partial charge in [0.1, 0.15) is 5.69 Å². The van der Waals surface area contributed by atoms with Crippen LogP contribution in [0.3, 0.4) is 0 Å². The van der Waals surface area contributed by atoms with Crippen LogP contribution in [0, 0.1) is 0 Å². The van der Waals surface area contributed by atoms with Crippen LogP contribution in [0.5, 0.6) is 0 Å². The van der Waals surface area contributed by atoms with E-state index < -0.39 is 0 Å². The Hall–Kier alpha value is -2.25. The molecule has 1 saturated heterocycles. The Balaban J connectivity index is 1.65. The van der Waals surface area contributed by atoms with E-state index in [1.165, 1.54) is 6.42 Å². The molecule has 0 bridgehead atoms. The largest absolute Gasteiger partial charge is 0.356 e. The van der Waals surface area contributed by atoms with Gasteiger partial charge in [0, 0.05) is 28.2 Å². The molecule has 1 aliphatic heterocycles. The average Bonchev–Trinajstić information content (AvgIpc) is 3.25. The van der Waals surface area contributed by atoms with Crippen LogP contribution in [0.25, 0.3) is 27.7 Å². The predicted octanol–water partition coefficient (Wildman–Crippen LogP) is 4.21. The Labute approximate surface area is 152 Å². The standard InChI is InChI=1S/C18H16BrN5O/c19-14-6-7-23-16(10-14)18(21-22-23)12-4-5-13-11-20-24(15(13)9-12)17-3-1-2-8-25-17/h4-7,9-11,17H,1-3,8H2. The smallest absolute Gasteiger partial charge is 0.150 e. The molecule has 3 aromatic heterocycles. The topological polar surface area (TPSA) is 57.2 Å². The maximum Gasteiger partial charge on any atom is 0.150 e. The fraction of sp³-hybridized carbons (Fsp3) is 0.278. The van der Waals surface area contributed by atoms with Gasteiger partial charge in [-0.15, -0.1) is 5.10 Å². The molecule has 25 heavy (non-hydrogen) atoms. The van der Waals surface area contributed by atoms with Gasteiger partial charge in [-0.1, -0.05) is 33.3 Å². The van der Waals surface area contributed by atoms with Crippen molar-refractivity contribution in [2.75, 3.05) is 6.61 Å². The summed E-state index contributed by atoms with van der Waals surface area (Å²) in [5.74, 6) is 0. The summed E-state index contributed by atoms with van der Waals surface area (Å²) in [4.78, 5) is 0. The summed E-state index contributed by atoms with van der Waals surface area (Å²) in [6.07, 6.45) is 7.12. The Morgan fingerprint density at radius 2 is 2.08 bits per heavy atom. The predicted molar refractivity (Wildman–Crippen MR) is 98.3 cm³/mol. The molecule has 6 nitrogen and oxygen atoms in total. The van der Waals surface area contributed by atoms with Gasteiger partial charge in [-0.2, -0.15) is 5.10 Å². The zero-order chi connectivity index (χ0) is 16.8. The van der Waals surface area contributed by atoms with E-state index in [0.29, 0.717) is 0 Å². The lowest BCUT2D eigenvalue weighted by Gasteiger charge is -2.23. The second kappa shape index (κ2) is 5.93. The summed E-state index contributed by atoms with van der Waals surface area (Å²) in [6.45, 7) is 0.801. The van der Waals surface area contributed by atoms with E-state index in [4.69, 9.17) is 4.74 Å². The highest BCUT2D eigenvalue weighted by Crippen LogP contribution is 2.30. The van der Waals surface area contributed by atoms with Crippen LogP contribution in [0.4, 0.5) is 0 Å². The molecule has 4 aromatic rings. The first-order valence-corrected chi connectivity index (χ1v) is 9.19. The zero-order valence-electron chi connectivity index (χ0n) is 13.5. The number of ether oxygens (including phenoxy) is 1. The van der Waals surface area contributed by atoms with Crippen LogP contribution in [0.15, 0.2) is 47.2 Å². The van der Waals surface area contributed by atoms with Gasteiger partial charge in [0.15, 0.2) is 6.23 Å². The van der Waals surface area contributed by atoms with E-state index in [9.17, 15) is 0 Å². The van der Waals surface area contributed by atoms with Crippen molar-refractivity contribution in [3.63, 3.8) is 0 Å². The molecule has 1 unspecified atom stereocenters. The van der Waals surface area contributed by atoms with Crippen LogP contribution in [-0.2, 0) is 4.74 Å². The van der Waals surface area contributed by atoms with Crippen LogP contribution in [-0.4, -0.2) is 31.2 Å². The van der Waals surface area contributed by atoms with Gasteiger partial charge in [-0.3, -0.25) is 0 Å². The molecule has 5 rings (SSSR count). The third-order valence-corrected chi connectivity index (χ3v) is 5.17. The van der Waals surface area contributed by atoms with Crippen LogP contribution < -0.4 is 0 Å². The Morgan fingerprint density at radius 3 is 2.96 bits per heavy atom. The second-order valence-electron chi connectivity index (χ2n) is 6.30. The van der Waals surface area contributed by atoms with Crippen LogP contribution in [0.2, 0.25) is 0 Å². The highest BCUT2D eigenvalue weighted by Gasteiger charge is 2.19. The quantitative estimate of drug-likeness (QED) is 0.508. The van der Waals surface area contributed by atoms with Crippen molar-refractivity contribution >= 4 is 32.3 Å². The first kappa shape index (κ1) is 15.0. The Bertz CT molecular complexity index is 1060. The van der Waals surface area contributed by atoms with Crippen molar-refractivity contribution in [2.45, 2.75) is 25.5 Å². The number of halogens is 1. The van der Waals surface area contributed by atoms with Crippen molar-refractivity contribution in [3.8, 4) is 11.3 Å². The number of benzene rings is 1. The highest BCUT2D eigenvalue weighted by atomic mass is 79.9. The molecular weight excluding hydrogens is 382 g/mol. The molecule has 126 valence electrons. The number of hydrogen-bond acceptors (Lipinski definition) is 4. The minimum absolute atomic E-state index is 0.0208. The molecule has 7 heteroatoms. The molecule has 0 saturated carbocycles. The van der Waals surface area contributed by atoms with Gasteiger partial charge >= 0.3 is 0 Å². The number of aromatic nitrogens is 5. The Morgan fingerprint density at radius 1 is 1.12 bits per heavy atom. The maximum absolute atomic E-state index is 5.91. The lowest BCUT2D eigenvalue weighted by molar-refractivity contribution is -0.0366. The van der Waals surface area contributed by atoms with Gasteiger partial charge < -0.3 is 4.74 Å². The fourth-order valence-electron chi connectivity index (χ4n) is 3.40. The molecule has 4 heterocycles. The van der Waals surface area contributed by atoms with Crippen LogP contribution in [0.1, 0.15) is 25.5 Å². The molecule has 1 aliphatic rings. The van der Waals surface area contributed by atoms with Crippen molar-refractivity contribution < 1.29 is 4.74 Å². The molecule has 0 radical (unpaired) electrons. The van der Waals surface area contributed by atoms with Gasteiger partial charge in [0.25, 0.3) is 0 Å². The van der Waals surface area contributed by atoms with E-state index in [2.05, 4.69) is 49.5 Å². The van der Waals surface area contributed by atoms with Crippen molar-refractivity contribution in [3.05, 3.63) is 47.2 Å². The van der Waals surface area contributed by atoms with Gasteiger partial charge in [0.05, 0.1) is 17.2 Å². The summed E-state index contributed by atoms with van der Waals surface area (Å²) < 4.78 is 10.7. The fourth-order valence-corrected chi connectivity index (χ4v) is 3.74. The molecule has 1 aromatic carbocycles. The molecule has 0 amide bonds.